The van der Waals surface area contributed by atoms with E-state index in [9.17, 15) is 9.59 Å². The van der Waals surface area contributed by atoms with E-state index < -0.39 is 0 Å². The number of nitrogens with one attached hydrogen (secondary N) is 2. The summed E-state index contributed by atoms with van der Waals surface area (Å²) in [5.41, 5.74) is 1.66. The van der Waals surface area contributed by atoms with E-state index in [2.05, 4.69) is 20.8 Å². The molecule has 31 heavy (non-hydrogen) atoms. The van der Waals surface area contributed by atoms with Crippen LogP contribution >= 0.6 is 22.9 Å². The lowest BCUT2D eigenvalue weighted by Gasteiger charge is -2.31. The van der Waals surface area contributed by atoms with Crippen LogP contribution in [0, 0.1) is 0 Å². The van der Waals surface area contributed by atoms with Gasteiger partial charge in [0.05, 0.1) is 0 Å². The van der Waals surface area contributed by atoms with Crippen LogP contribution in [0.2, 0.25) is 5.02 Å². The number of hydrogen-bond donors (Lipinski definition) is 2. The molecule has 3 aromatic rings. The highest BCUT2D eigenvalue weighted by Gasteiger charge is 2.28. The van der Waals surface area contributed by atoms with E-state index in [-0.39, 0.29) is 17.9 Å². The number of piperidine rings is 1. The molecule has 1 aliphatic heterocycles. The van der Waals surface area contributed by atoms with Gasteiger partial charge in [0.1, 0.15) is 5.01 Å². The third-order valence-corrected chi connectivity index (χ3v) is 6.38. The number of nitrogens with zero attached hydrogens (tertiary/aromatic N) is 3. The number of benzene rings is 2. The molecule has 0 unspecified atom stereocenters. The Kier molecular flexibility index (Phi) is 6.79. The molecule has 0 spiro atoms. The van der Waals surface area contributed by atoms with Gasteiger partial charge >= 0.3 is 6.03 Å². The molecule has 1 atom stereocenters. The second kappa shape index (κ2) is 9.89. The quantitative estimate of drug-likeness (QED) is 0.591. The summed E-state index contributed by atoms with van der Waals surface area (Å²) >= 11 is 7.23. The zero-order valence-corrected chi connectivity index (χ0v) is 18.3. The molecular weight excluding hydrogens is 434 g/mol. The van der Waals surface area contributed by atoms with Crippen LogP contribution in [0.1, 0.15) is 39.1 Å². The minimum Gasteiger partial charge on any atom is -0.334 e. The molecule has 0 aliphatic carbocycles. The average molecular weight is 456 g/mol. The molecule has 2 N–H and O–H groups in total. The second-order valence-electron chi connectivity index (χ2n) is 7.34. The monoisotopic (exact) mass is 455 g/mol. The van der Waals surface area contributed by atoms with Crippen LogP contribution < -0.4 is 10.6 Å². The number of amides is 3. The number of carbonyl (C=O) groups is 2. The van der Waals surface area contributed by atoms with Crippen molar-refractivity contribution in [2.45, 2.75) is 25.3 Å². The molecular formula is C22H22ClN5O2S. The van der Waals surface area contributed by atoms with Gasteiger partial charge in [-0.1, -0.05) is 59.3 Å². The molecule has 1 saturated heterocycles. The Morgan fingerprint density at radius 2 is 1.97 bits per heavy atom. The van der Waals surface area contributed by atoms with E-state index in [1.807, 2.05) is 35.2 Å². The summed E-state index contributed by atoms with van der Waals surface area (Å²) in [7, 11) is 0. The Labute approximate surface area is 189 Å². The molecule has 0 bridgehead atoms. The minimum atomic E-state index is -0.320. The van der Waals surface area contributed by atoms with Gasteiger partial charge in [-0.2, -0.15) is 0 Å². The van der Waals surface area contributed by atoms with E-state index in [4.69, 9.17) is 11.6 Å². The number of hydrogen-bond acceptors (Lipinski definition) is 5. The summed E-state index contributed by atoms with van der Waals surface area (Å²) in [6.45, 7) is 1.76. The van der Waals surface area contributed by atoms with Crippen molar-refractivity contribution < 1.29 is 9.59 Å². The predicted molar refractivity (Wildman–Crippen MR) is 122 cm³/mol. The zero-order chi connectivity index (χ0) is 21.6. The summed E-state index contributed by atoms with van der Waals surface area (Å²) in [5, 5.41) is 15.7. The Balaban J connectivity index is 1.34. The van der Waals surface area contributed by atoms with Crippen LogP contribution in [0.15, 0.2) is 54.6 Å². The number of urea groups is 1. The lowest BCUT2D eigenvalue weighted by atomic mass is 9.99. The van der Waals surface area contributed by atoms with Crippen LogP contribution in [0.4, 0.5) is 10.5 Å². The highest BCUT2D eigenvalue weighted by atomic mass is 35.5. The van der Waals surface area contributed by atoms with Crippen LogP contribution in [0.25, 0.3) is 0 Å². The van der Waals surface area contributed by atoms with Crippen molar-refractivity contribution in [3.8, 4) is 0 Å². The number of carbonyl (C=O) groups excluding carboxylic acids is 2. The van der Waals surface area contributed by atoms with Gasteiger partial charge in [0.25, 0.3) is 5.91 Å². The largest absolute Gasteiger partial charge is 0.334 e. The van der Waals surface area contributed by atoms with E-state index in [0.717, 1.165) is 23.4 Å². The summed E-state index contributed by atoms with van der Waals surface area (Å²) in [6, 6.07) is 16.7. The highest BCUT2D eigenvalue weighted by molar-refractivity contribution is 7.13. The van der Waals surface area contributed by atoms with Gasteiger partial charge < -0.3 is 15.5 Å². The Bertz CT molecular complexity index is 1060. The Hall–Kier alpha value is -2.97. The number of anilines is 1. The van der Waals surface area contributed by atoms with Crippen molar-refractivity contribution >= 4 is 40.6 Å². The van der Waals surface area contributed by atoms with Gasteiger partial charge in [-0.05, 0) is 36.6 Å². The molecule has 1 aliphatic rings. The van der Waals surface area contributed by atoms with Gasteiger partial charge in [-0.3, -0.25) is 4.79 Å². The molecule has 2 heterocycles. The van der Waals surface area contributed by atoms with E-state index in [0.29, 0.717) is 35.4 Å². The average Bonchev–Trinajstić information content (AvgIpc) is 3.29. The van der Waals surface area contributed by atoms with Crippen LogP contribution in [0.5, 0.6) is 0 Å². The maximum Gasteiger partial charge on any atom is 0.317 e. The fraction of sp³-hybridized carbons (Fsp3) is 0.273. The summed E-state index contributed by atoms with van der Waals surface area (Å²) < 4.78 is 0. The maximum absolute atomic E-state index is 12.6. The van der Waals surface area contributed by atoms with Gasteiger partial charge in [-0.15, -0.1) is 10.2 Å². The number of halogens is 1. The normalized spacial score (nSPS) is 16.0. The van der Waals surface area contributed by atoms with Crippen LogP contribution in [-0.2, 0) is 6.54 Å². The van der Waals surface area contributed by atoms with Crippen molar-refractivity contribution in [2.24, 2.45) is 0 Å². The van der Waals surface area contributed by atoms with Gasteiger partial charge in [0.15, 0.2) is 0 Å². The van der Waals surface area contributed by atoms with Gasteiger partial charge in [0.2, 0.25) is 5.01 Å². The SMILES string of the molecule is O=C(Nc1cccc(Cl)c1)c1nnc([C@@H]2CCCN(C(=O)NCc3ccccc3)C2)s1. The lowest BCUT2D eigenvalue weighted by Crippen LogP contribution is -2.44. The lowest BCUT2D eigenvalue weighted by molar-refractivity contribution is 0.102. The molecule has 9 heteroatoms. The van der Waals surface area contributed by atoms with Crippen LogP contribution in [0.3, 0.4) is 0 Å². The van der Waals surface area contributed by atoms with Crippen molar-refractivity contribution in [3.05, 3.63) is 75.2 Å². The van der Waals surface area contributed by atoms with Gasteiger partial charge in [0, 0.05) is 36.3 Å². The fourth-order valence-electron chi connectivity index (χ4n) is 3.49. The molecule has 4 rings (SSSR count). The molecule has 2 aromatic carbocycles. The Morgan fingerprint density at radius 1 is 1.13 bits per heavy atom. The van der Waals surface area contributed by atoms with Crippen molar-refractivity contribution in [1.29, 1.82) is 0 Å². The number of rotatable bonds is 5. The van der Waals surface area contributed by atoms with Crippen molar-refractivity contribution in [2.75, 3.05) is 18.4 Å². The number of likely N-dealkylation sites (tertiary alicyclic amines) is 1. The third kappa shape index (κ3) is 5.59. The molecule has 1 fully saturated rings. The van der Waals surface area contributed by atoms with Crippen molar-refractivity contribution in [3.63, 3.8) is 0 Å². The van der Waals surface area contributed by atoms with Crippen LogP contribution in [-0.4, -0.2) is 40.1 Å². The molecule has 3 amide bonds. The first-order chi connectivity index (χ1) is 15.1. The second-order valence-corrected chi connectivity index (χ2v) is 8.78. The maximum atomic E-state index is 12.6. The molecule has 0 radical (unpaired) electrons. The smallest absolute Gasteiger partial charge is 0.317 e. The van der Waals surface area contributed by atoms with Crippen molar-refractivity contribution in [1.82, 2.24) is 20.4 Å². The predicted octanol–water partition coefficient (Wildman–Crippen LogP) is 4.53. The first-order valence-corrected chi connectivity index (χ1v) is 11.2. The summed E-state index contributed by atoms with van der Waals surface area (Å²) in [4.78, 5) is 26.9. The standard InChI is InChI=1S/C22H22ClN5O2S/c23-17-9-4-10-18(12-17)25-19(29)21-27-26-20(31-21)16-8-5-11-28(14-16)22(30)24-13-15-6-2-1-3-7-15/h1-4,6-7,9-10,12,16H,5,8,11,13-14H2,(H,24,30)(H,25,29)/t16-/m1/s1. The molecule has 1 aromatic heterocycles. The van der Waals surface area contributed by atoms with E-state index >= 15 is 0 Å². The molecule has 7 nitrogen and oxygen atoms in total. The zero-order valence-electron chi connectivity index (χ0n) is 16.8. The molecule has 160 valence electrons. The summed E-state index contributed by atoms with van der Waals surface area (Å²) in [6.07, 6.45) is 1.79. The third-order valence-electron chi connectivity index (χ3n) is 5.06. The minimum absolute atomic E-state index is 0.0708. The molecule has 0 saturated carbocycles. The van der Waals surface area contributed by atoms with E-state index in [1.54, 1.807) is 24.3 Å². The topological polar surface area (TPSA) is 87.2 Å². The fourth-order valence-corrected chi connectivity index (χ4v) is 4.55. The van der Waals surface area contributed by atoms with E-state index in [1.165, 1.54) is 11.3 Å². The highest BCUT2D eigenvalue weighted by Crippen LogP contribution is 2.29. The summed E-state index contributed by atoms with van der Waals surface area (Å²) in [5.74, 6) is -0.249. The van der Waals surface area contributed by atoms with Gasteiger partial charge in [-0.25, -0.2) is 4.79 Å². The first-order valence-electron chi connectivity index (χ1n) is 10.1. The Morgan fingerprint density at radius 3 is 2.77 bits per heavy atom. The first kappa shape index (κ1) is 21.3. The number of aromatic nitrogens is 2.